The summed E-state index contributed by atoms with van der Waals surface area (Å²) in [5.41, 5.74) is 1.34. The molecule has 2 N–H and O–H groups in total. The molecule has 1 aromatic heterocycles. The quantitative estimate of drug-likeness (QED) is 0.872. The van der Waals surface area contributed by atoms with Crippen molar-refractivity contribution in [2.75, 3.05) is 0 Å². The lowest BCUT2D eigenvalue weighted by Crippen LogP contribution is -2.26. The van der Waals surface area contributed by atoms with Crippen molar-refractivity contribution in [1.29, 1.82) is 0 Å². The average Bonchev–Trinajstić information content (AvgIpc) is 2.85. The molecule has 1 aromatic carbocycles. The molecule has 0 saturated heterocycles. The maximum Gasteiger partial charge on any atom is 0.241 e. The topological polar surface area (TPSA) is 79.3 Å². The summed E-state index contributed by atoms with van der Waals surface area (Å²) in [5.74, 6) is 0. The standard InChI is InChI=1S/C13H15ClN2O3S2/c1-8-7-20-13(15-8)9(2)16-21(18,19)11-4-3-10(6-17)12(14)5-11/h3-5,7,9,16-17H,6H2,1-2H3. The highest BCUT2D eigenvalue weighted by Gasteiger charge is 2.21. The maximum atomic E-state index is 12.3. The summed E-state index contributed by atoms with van der Waals surface area (Å²) < 4.78 is 27.2. The first-order chi connectivity index (χ1) is 9.83. The van der Waals surface area contributed by atoms with E-state index in [9.17, 15) is 8.42 Å². The van der Waals surface area contributed by atoms with Gasteiger partial charge >= 0.3 is 0 Å². The van der Waals surface area contributed by atoms with Gasteiger partial charge in [-0.15, -0.1) is 11.3 Å². The van der Waals surface area contributed by atoms with E-state index < -0.39 is 16.1 Å². The average molecular weight is 347 g/mol. The Bertz CT molecular complexity index is 744. The number of aryl methyl sites for hydroxylation is 1. The smallest absolute Gasteiger partial charge is 0.241 e. The minimum atomic E-state index is -3.70. The Morgan fingerprint density at radius 2 is 2.19 bits per heavy atom. The summed E-state index contributed by atoms with van der Waals surface area (Å²) in [6.45, 7) is 3.36. The zero-order valence-corrected chi connectivity index (χ0v) is 13.9. The van der Waals surface area contributed by atoms with Gasteiger partial charge in [0.2, 0.25) is 10.0 Å². The van der Waals surface area contributed by atoms with Gasteiger partial charge in [0, 0.05) is 16.1 Å². The van der Waals surface area contributed by atoms with Crippen LogP contribution < -0.4 is 4.72 Å². The van der Waals surface area contributed by atoms with Gasteiger partial charge in [-0.05, 0) is 31.5 Å². The monoisotopic (exact) mass is 346 g/mol. The molecule has 5 nitrogen and oxygen atoms in total. The van der Waals surface area contributed by atoms with Crippen LogP contribution in [0.4, 0.5) is 0 Å². The Labute approximate surface area is 132 Å². The first-order valence-electron chi connectivity index (χ1n) is 6.17. The number of halogens is 1. The first kappa shape index (κ1) is 16.4. The summed E-state index contributed by atoms with van der Waals surface area (Å²) in [6, 6.07) is 3.81. The number of aliphatic hydroxyl groups excluding tert-OH is 1. The van der Waals surface area contributed by atoms with E-state index in [1.54, 1.807) is 6.92 Å². The van der Waals surface area contributed by atoms with Crippen LogP contribution in [0.25, 0.3) is 0 Å². The van der Waals surface area contributed by atoms with Gasteiger partial charge < -0.3 is 5.11 Å². The van der Waals surface area contributed by atoms with Crippen molar-refractivity contribution < 1.29 is 13.5 Å². The third-order valence-electron chi connectivity index (χ3n) is 2.84. The van der Waals surface area contributed by atoms with Gasteiger partial charge in [-0.3, -0.25) is 0 Å². The van der Waals surface area contributed by atoms with Gasteiger partial charge in [-0.25, -0.2) is 18.1 Å². The predicted octanol–water partition coefficient (Wildman–Crippen LogP) is 2.64. The highest BCUT2D eigenvalue weighted by atomic mass is 35.5. The van der Waals surface area contributed by atoms with E-state index in [0.717, 1.165) is 5.69 Å². The van der Waals surface area contributed by atoms with E-state index in [1.807, 2.05) is 12.3 Å². The molecular weight excluding hydrogens is 332 g/mol. The second-order valence-electron chi connectivity index (χ2n) is 4.58. The van der Waals surface area contributed by atoms with Crippen LogP contribution in [0.2, 0.25) is 5.02 Å². The fourth-order valence-electron chi connectivity index (χ4n) is 1.75. The van der Waals surface area contributed by atoms with E-state index in [4.69, 9.17) is 16.7 Å². The van der Waals surface area contributed by atoms with Crippen LogP contribution in [0.1, 0.15) is 29.2 Å². The molecule has 1 heterocycles. The van der Waals surface area contributed by atoms with Crippen molar-refractivity contribution in [1.82, 2.24) is 9.71 Å². The van der Waals surface area contributed by atoms with Crippen LogP contribution in [-0.4, -0.2) is 18.5 Å². The normalized spacial score (nSPS) is 13.3. The van der Waals surface area contributed by atoms with Crippen molar-refractivity contribution in [3.63, 3.8) is 0 Å². The van der Waals surface area contributed by atoms with Gasteiger partial charge in [0.1, 0.15) is 5.01 Å². The van der Waals surface area contributed by atoms with E-state index >= 15 is 0 Å². The lowest BCUT2D eigenvalue weighted by molar-refractivity contribution is 0.282. The first-order valence-corrected chi connectivity index (χ1v) is 8.91. The van der Waals surface area contributed by atoms with Crippen LogP contribution in [0, 0.1) is 6.92 Å². The number of nitrogens with one attached hydrogen (secondary N) is 1. The second kappa shape index (κ2) is 6.41. The molecule has 0 bridgehead atoms. The second-order valence-corrected chi connectivity index (χ2v) is 7.59. The van der Waals surface area contributed by atoms with E-state index in [-0.39, 0.29) is 16.5 Å². The van der Waals surface area contributed by atoms with Crippen molar-refractivity contribution >= 4 is 33.0 Å². The van der Waals surface area contributed by atoms with E-state index in [1.165, 1.54) is 29.5 Å². The summed E-state index contributed by atoms with van der Waals surface area (Å²) in [7, 11) is -3.70. The summed E-state index contributed by atoms with van der Waals surface area (Å²) in [5, 5.41) is 11.8. The van der Waals surface area contributed by atoms with Crippen LogP contribution in [0.3, 0.4) is 0 Å². The van der Waals surface area contributed by atoms with E-state index in [0.29, 0.717) is 10.6 Å². The van der Waals surface area contributed by atoms with Crippen LogP contribution in [-0.2, 0) is 16.6 Å². The Kier molecular flexibility index (Phi) is 5.00. The summed E-state index contributed by atoms with van der Waals surface area (Å²) in [6.07, 6.45) is 0. The number of benzene rings is 1. The minimum absolute atomic E-state index is 0.0600. The summed E-state index contributed by atoms with van der Waals surface area (Å²) >= 11 is 7.34. The third kappa shape index (κ3) is 3.81. The van der Waals surface area contributed by atoms with Crippen molar-refractivity contribution in [3.8, 4) is 0 Å². The minimum Gasteiger partial charge on any atom is -0.392 e. The van der Waals surface area contributed by atoms with Gasteiger partial charge in [0.15, 0.2) is 0 Å². The molecule has 0 amide bonds. The molecule has 21 heavy (non-hydrogen) atoms. The lowest BCUT2D eigenvalue weighted by Gasteiger charge is -2.12. The molecule has 1 atom stereocenters. The number of rotatable bonds is 5. The van der Waals surface area contributed by atoms with Crippen molar-refractivity contribution in [3.05, 3.63) is 44.9 Å². The Morgan fingerprint density at radius 3 is 2.71 bits per heavy atom. The molecule has 2 aromatic rings. The molecule has 0 radical (unpaired) electrons. The van der Waals surface area contributed by atoms with Gasteiger partial charge in [0.05, 0.1) is 17.5 Å². The molecule has 1 unspecified atom stereocenters. The molecular formula is C13H15ClN2O3S2. The van der Waals surface area contributed by atoms with Gasteiger partial charge in [-0.2, -0.15) is 0 Å². The SMILES string of the molecule is Cc1csc(C(C)NS(=O)(=O)c2ccc(CO)c(Cl)c2)n1. The van der Waals surface area contributed by atoms with Crippen molar-refractivity contribution in [2.45, 2.75) is 31.4 Å². The zero-order chi connectivity index (χ0) is 15.6. The number of aromatic nitrogens is 1. The Balaban J connectivity index is 2.24. The predicted molar refractivity (Wildman–Crippen MR) is 83.0 cm³/mol. The molecule has 8 heteroatoms. The molecule has 0 spiro atoms. The largest absolute Gasteiger partial charge is 0.392 e. The number of nitrogens with zero attached hydrogens (tertiary/aromatic N) is 1. The molecule has 0 fully saturated rings. The zero-order valence-electron chi connectivity index (χ0n) is 11.5. The fourth-order valence-corrected chi connectivity index (χ4v) is 4.16. The molecule has 2 rings (SSSR count). The molecule has 0 aliphatic rings. The Hall–Kier alpha value is -0.990. The number of sulfonamides is 1. The summed E-state index contributed by atoms with van der Waals surface area (Å²) in [4.78, 5) is 4.33. The van der Waals surface area contributed by atoms with Gasteiger partial charge in [0.25, 0.3) is 0 Å². The van der Waals surface area contributed by atoms with Crippen LogP contribution >= 0.6 is 22.9 Å². The Morgan fingerprint density at radius 1 is 1.48 bits per heavy atom. The molecule has 0 aliphatic heterocycles. The maximum absolute atomic E-state index is 12.3. The van der Waals surface area contributed by atoms with Crippen LogP contribution in [0.5, 0.6) is 0 Å². The lowest BCUT2D eigenvalue weighted by atomic mass is 10.2. The van der Waals surface area contributed by atoms with Gasteiger partial charge in [-0.1, -0.05) is 17.7 Å². The highest BCUT2D eigenvalue weighted by molar-refractivity contribution is 7.89. The number of hydrogen-bond acceptors (Lipinski definition) is 5. The highest BCUT2D eigenvalue weighted by Crippen LogP contribution is 2.23. The molecule has 114 valence electrons. The third-order valence-corrected chi connectivity index (χ3v) is 5.88. The molecule has 0 saturated carbocycles. The molecule has 0 aliphatic carbocycles. The number of aliphatic hydroxyl groups is 1. The van der Waals surface area contributed by atoms with Crippen LogP contribution in [0.15, 0.2) is 28.5 Å². The number of hydrogen-bond donors (Lipinski definition) is 2. The number of thiazole rings is 1. The van der Waals surface area contributed by atoms with Crippen molar-refractivity contribution in [2.24, 2.45) is 0 Å². The van der Waals surface area contributed by atoms with E-state index in [2.05, 4.69) is 9.71 Å². The fraction of sp³-hybridized carbons (Fsp3) is 0.308.